The van der Waals surface area contributed by atoms with Crippen molar-refractivity contribution in [1.82, 2.24) is 14.8 Å². The second-order valence-corrected chi connectivity index (χ2v) is 9.04. The number of nitrogens with zero attached hydrogens (tertiary/aromatic N) is 3. The third-order valence-electron chi connectivity index (χ3n) is 4.61. The molecule has 1 aliphatic rings. The first-order valence-corrected chi connectivity index (χ1v) is 11.2. The van der Waals surface area contributed by atoms with E-state index in [4.69, 9.17) is 4.74 Å². The monoisotopic (exact) mass is 432 g/mol. The smallest absolute Gasteiger partial charge is 0.237 e. The Hall–Kier alpha value is -2.23. The Labute approximate surface area is 176 Å². The van der Waals surface area contributed by atoms with Crippen molar-refractivity contribution in [2.75, 3.05) is 11.9 Å². The lowest BCUT2D eigenvalue weighted by Gasteiger charge is -2.16. The molecule has 0 bridgehead atoms. The lowest BCUT2D eigenvalue weighted by molar-refractivity contribution is -0.115. The number of anilines is 1. The lowest BCUT2D eigenvalue weighted by Crippen LogP contribution is -2.23. The molecular formula is C20H21FN4O2S2. The van der Waals surface area contributed by atoms with Crippen LogP contribution in [0.15, 0.2) is 46.9 Å². The number of halogens is 1. The zero-order chi connectivity index (χ0) is 20.2. The number of benzene rings is 1. The van der Waals surface area contributed by atoms with Crippen molar-refractivity contribution in [2.24, 2.45) is 0 Å². The molecule has 29 heavy (non-hydrogen) atoms. The summed E-state index contributed by atoms with van der Waals surface area (Å²) in [5.74, 6) is 0.181. The largest absolute Gasteiger partial charge is 0.376 e. The first-order valence-electron chi connectivity index (χ1n) is 9.42. The van der Waals surface area contributed by atoms with Crippen molar-refractivity contribution in [3.63, 3.8) is 0 Å². The summed E-state index contributed by atoms with van der Waals surface area (Å²) in [6, 6.07) is 9.85. The topological polar surface area (TPSA) is 69.0 Å². The van der Waals surface area contributed by atoms with Gasteiger partial charge in [-0.3, -0.25) is 9.36 Å². The minimum atomic E-state index is -0.429. The molecule has 2 atom stereocenters. The second-order valence-electron chi connectivity index (χ2n) is 6.79. The van der Waals surface area contributed by atoms with Crippen LogP contribution < -0.4 is 5.32 Å². The van der Waals surface area contributed by atoms with Crippen LogP contribution in [-0.4, -0.2) is 38.6 Å². The van der Waals surface area contributed by atoms with Crippen molar-refractivity contribution in [3.8, 4) is 10.7 Å². The standard InChI is InChI=1S/C20H21FN4O2S2/c1-13(19(26)22-15-6-2-5-14(21)11-15)29-20-24-23-18(17-8-4-10-28-17)25(20)12-16-7-3-9-27-16/h2,4-6,8,10-11,13,16H,3,7,9,12H2,1H3,(H,22,26). The van der Waals surface area contributed by atoms with E-state index in [9.17, 15) is 9.18 Å². The number of nitrogens with one attached hydrogen (secondary N) is 1. The molecule has 152 valence electrons. The third-order valence-corrected chi connectivity index (χ3v) is 6.56. The highest BCUT2D eigenvalue weighted by atomic mass is 32.2. The van der Waals surface area contributed by atoms with Crippen LogP contribution in [0.25, 0.3) is 10.7 Å². The van der Waals surface area contributed by atoms with Gasteiger partial charge in [-0.2, -0.15) is 0 Å². The molecule has 1 amide bonds. The van der Waals surface area contributed by atoms with E-state index in [1.165, 1.54) is 23.9 Å². The fraction of sp³-hybridized carbons (Fsp3) is 0.350. The molecule has 3 aromatic rings. The second kappa shape index (κ2) is 9.06. The van der Waals surface area contributed by atoms with Crippen molar-refractivity contribution in [2.45, 2.75) is 42.8 Å². The van der Waals surface area contributed by atoms with Gasteiger partial charge in [-0.1, -0.05) is 23.9 Å². The highest BCUT2D eigenvalue weighted by Crippen LogP contribution is 2.31. The maximum Gasteiger partial charge on any atom is 0.237 e. The van der Waals surface area contributed by atoms with Gasteiger partial charge in [-0.15, -0.1) is 21.5 Å². The predicted octanol–water partition coefficient (Wildman–Crippen LogP) is 4.44. The Morgan fingerprint density at radius 3 is 3.03 bits per heavy atom. The lowest BCUT2D eigenvalue weighted by atomic mass is 10.2. The Morgan fingerprint density at radius 2 is 2.31 bits per heavy atom. The van der Waals surface area contributed by atoms with E-state index in [0.717, 1.165) is 30.2 Å². The van der Waals surface area contributed by atoms with Crippen molar-refractivity contribution in [1.29, 1.82) is 0 Å². The number of hydrogen-bond donors (Lipinski definition) is 1. The minimum absolute atomic E-state index is 0.125. The van der Waals surface area contributed by atoms with Crippen molar-refractivity contribution >= 4 is 34.7 Å². The molecule has 3 heterocycles. The van der Waals surface area contributed by atoms with Gasteiger partial charge in [0.05, 0.1) is 22.8 Å². The molecule has 1 fully saturated rings. The number of aromatic nitrogens is 3. The van der Waals surface area contributed by atoms with E-state index in [-0.39, 0.29) is 17.8 Å². The molecule has 1 aromatic carbocycles. The molecular weight excluding hydrogens is 411 g/mol. The highest BCUT2D eigenvalue weighted by Gasteiger charge is 2.25. The number of amides is 1. The fourth-order valence-electron chi connectivity index (χ4n) is 3.14. The van der Waals surface area contributed by atoms with Crippen LogP contribution in [0.3, 0.4) is 0 Å². The zero-order valence-electron chi connectivity index (χ0n) is 15.9. The highest BCUT2D eigenvalue weighted by molar-refractivity contribution is 8.00. The SMILES string of the molecule is CC(Sc1nnc(-c2cccs2)n1CC1CCCO1)C(=O)Nc1cccc(F)c1. The van der Waals surface area contributed by atoms with E-state index in [0.29, 0.717) is 17.4 Å². The van der Waals surface area contributed by atoms with Crippen LogP contribution >= 0.6 is 23.1 Å². The van der Waals surface area contributed by atoms with E-state index >= 15 is 0 Å². The van der Waals surface area contributed by atoms with Gasteiger partial charge >= 0.3 is 0 Å². The first-order chi connectivity index (χ1) is 14.1. The molecule has 9 heteroatoms. The zero-order valence-corrected chi connectivity index (χ0v) is 17.5. The van der Waals surface area contributed by atoms with Gasteiger partial charge in [-0.25, -0.2) is 4.39 Å². The van der Waals surface area contributed by atoms with Crippen molar-refractivity contribution < 1.29 is 13.9 Å². The summed E-state index contributed by atoms with van der Waals surface area (Å²) in [5, 5.41) is 13.7. The fourth-order valence-corrected chi connectivity index (χ4v) is 4.72. The molecule has 0 spiro atoms. The third kappa shape index (κ3) is 4.85. The average Bonchev–Trinajstić information content (AvgIpc) is 3.45. The molecule has 2 unspecified atom stereocenters. The molecule has 0 saturated carbocycles. The average molecular weight is 433 g/mol. The van der Waals surface area contributed by atoms with Crippen molar-refractivity contribution in [3.05, 3.63) is 47.6 Å². The normalized spacial score (nSPS) is 17.4. The van der Waals surface area contributed by atoms with Crippen LogP contribution in [0, 0.1) is 5.82 Å². The van der Waals surface area contributed by atoms with Crippen LogP contribution in [-0.2, 0) is 16.1 Å². The van der Waals surface area contributed by atoms with E-state index < -0.39 is 5.25 Å². The molecule has 2 aromatic heterocycles. The number of carbonyl (C=O) groups is 1. The van der Waals surface area contributed by atoms with E-state index in [1.807, 2.05) is 22.1 Å². The number of thioether (sulfide) groups is 1. The summed E-state index contributed by atoms with van der Waals surface area (Å²) in [7, 11) is 0. The first kappa shape index (κ1) is 20.1. The van der Waals surface area contributed by atoms with Gasteiger partial charge in [-0.05, 0) is 49.4 Å². The molecule has 4 rings (SSSR count). The molecule has 1 N–H and O–H groups in total. The Kier molecular flexibility index (Phi) is 6.27. The van der Waals surface area contributed by atoms with Gasteiger partial charge in [0.2, 0.25) is 5.91 Å². The summed E-state index contributed by atoms with van der Waals surface area (Å²) in [6.07, 6.45) is 2.18. The van der Waals surface area contributed by atoms with Gasteiger partial charge in [0.15, 0.2) is 11.0 Å². The van der Waals surface area contributed by atoms with Crippen LogP contribution in [0.4, 0.5) is 10.1 Å². The number of rotatable bonds is 7. The number of hydrogen-bond acceptors (Lipinski definition) is 6. The number of ether oxygens (including phenoxy) is 1. The summed E-state index contributed by atoms with van der Waals surface area (Å²) in [5.41, 5.74) is 0.433. The maximum atomic E-state index is 13.4. The summed E-state index contributed by atoms with van der Waals surface area (Å²) in [6.45, 7) is 3.23. The summed E-state index contributed by atoms with van der Waals surface area (Å²) < 4.78 is 21.2. The Bertz CT molecular complexity index is 971. The van der Waals surface area contributed by atoms with E-state index in [2.05, 4.69) is 15.5 Å². The Morgan fingerprint density at radius 1 is 1.41 bits per heavy atom. The molecule has 0 radical (unpaired) electrons. The molecule has 0 aliphatic carbocycles. The maximum absolute atomic E-state index is 13.4. The quantitative estimate of drug-likeness (QED) is 0.559. The predicted molar refractivity (Wildman–Crippen MR) is 113 cm³/mol. The van der Waals surface area contributed by atoms with Gasteiger partial charge in [0, 0.05) is 12.3 Å². The number of thiophene rings is 1. The van der Waals surface area contributed by atoms with Gasteiger partial charge < -0.3 is 10.1 Å². The van der Waals surface area contributed by atoms with Gasteiger partial charge in [0.1, 0.15) is 5.82 Å². The molecule has 6 nitrogen and oxygen atoms in total. The summed E-state index contributed by atoms with van der Waals surface area (Å²) >= 11 is 2.94. The molecule has 1 aliphatic heterocycles. The molecule has 1 saturated heterocycles. The van der Waals surface area contributed by atoms with E-state index in [1.54, 1.807) is 30.4 Å². The Balaban J connectivity index is 1.51. The van der Waals surface area contributed by atoms with Crippen LogP contribution in [0.2, 0.25) is 0 Å². The minimum Gasteiger partial charge on any atom is -0.376 e. The van der Waals surface area contributed by atoms with Crippen LogP contribution in [0.5, 0.6) is 0 Å². The van der Waals surface area contributed by atoms with Crippen LogP contribution in [0.1, 0.15) is 19.8 Å². The number of carbonyl (C=O) groups excluding carboxylic acids is 1. The summed E-state index contributed by atoms with van der Waals surface area (Å²) in [4.78, 5) is 13.6. The van der Waals surface area contributed by atoms with Gasteiger partial charge in [0.25, 0.3) is 0 Å².